The number of ketones is 1. The van der Waals surface area contributed by atoms with Crippen LogP contribution in [0.4, 0.5) is 0 Å². The third-order valence-electron chi connectivity index (χ3n) is 2.72. The van der Waals surface area contributed by atoms with Gasteiger partial charge in [0.15, 0.2) is 6.29 Å². The minimum atomic E-state index is -0.379. The van der Waals surface area contributed by atoms with Crippen LogP contribution in [0, 0.1) is 0 Å². The Morgan fingerprint density at radius 2 is 2.17 bits per heavy atom. The summed E-state index contributed by atoms with van der Waals surface area (Å²) in [6.07, 6.45) is 0.234. The molecule has 0 aromatic heterocycles. The molecule has 1 aliphatic heterocycles. The molecule has 0 bridgehead atoms. The molecule has 2 rings (SSSR count). The Bertz CT molecular complexity index is 427. The molecule has 0 saturated carbocycles. The zero-order valence-corrected chi connectivity index (χ0v) is 11.7. The average Bonchev–Trinajstić information content (AvgIpc) is 2.82. The van der Waals surface area contributed by atoms with Gasteiger partial charge in [0.2, 0.25) is 0 Å². The van der Waals surface area contributed by atoms with Gasteiger partial charge in [0.05, 0.1) is 26.7 Å². The fraction of sp³-hybridized carbons (Fsp3) is 0.462. The van der Waals surface area contributed by atoms with Crippen molar-refractivity contribution in [3.63, 3.8) is 0 Å². The van der Waals surface area contributed by atoms with E-state index in [1.807, 2.05) is 18.2 Å². The molecule has 1 aromatic carbocycles. The van der Waals surface area contributed by atoms with E-state index < -0.39 is 0 Å². The largest absolute Gasteiger partial charge is 0.496 e. The van der Waals surface area contributed by atoms with E-state index in [-0.39, 0.29) is 18.5 Å². The minimum Gasteiger partial charge on any atom is -0.496 e. The van der Waals surface area contributed by atoms with E-state index in [4.69, 9.17) is 14.2 Å². The third-order valence-corrected chi connectivity index (χ3v) is 3.21. The lowest BCUT2D eigenvalue weighted by atomic mass is 10.1. The second kappa shape index (κ2) is 6.31. The van der Waals surface area contributed by atoms with Gasteiger partial charge in [-0.2, -0.15) is 0 Å². The molecule has 18 heavy (non-hydrogen) atoms. The first-order valence-corrected chi connectivity index (χ1v) is 6.55. The molecule has 0 unspecified atom stereocenters. The SMILES string of the molecule is COc1ccc(Br)cc1CC(=O)CC1OCCO1. The number of halogens is 1. The Hall–Kier alpha value is -0.910. The summed E-state index contributed by atoms with van der Waals surface area (Å²) < 4.78 is 16.7. The number of methoxy groups -OCH3 is 1. The number of hydrogen-bond donors (Lipinski definition) is 0. The highest BCUT2D eigenvalue weighted by Gasteiger charge is 2.20. The zero-order valence-electron chi connectivity index (χ0n) is 10.1. The minimum absolute atomic E-state index is 0.0818. The maximum Gasteiger partial charge on any atom is 0.164 e. The van der Waals surface area contributed by atoms with Crippen molar-refractivity contribution in [2.45, 2.75) is 19.1 Å². The van der Waals surface area contributed by atoms with Crippen molar-refractivity contribution in [3.05, 3.63) is 28.2 Å². The van der Waals surface area contributed by atoms with Crippen molar-refractivity contribution in [1.29, 1.82) is 0 Å². The van der Waals surface area contributed by atoms with E-state index in [9.17, 15) is 4.79 Å². The molecule has 0 radical (unpaired) electrons. The summed E-state index contributed by atoms with van der Waals surface area (Å²) in [5, 5.41) is 0. The highest BCUT2D eigenvalue weighted by atomic mass is 79.9. The molecule has 1 fully saturated rings. The van der Waals surface area contributed by atoms with Crippen LogP contribution in [0.2, 0.25) is 0 Å². The predicted octanol–water partition coefficient (Wildman–Crippen LogP) is 2.33. The van der Waals surface area contributed by atoms with Crippen LogP contribution in [0.25, 0.3) is 0 Å². The van der Waals surface area contributed by atoms with Crippen LogP contribution in [0.3, 0.4) is 0 Å². The first-order valence-electron chi connectivity index (χ1n) is 5.76. The topological polar surface area (TPSA) is 44.8 Å². The van der Waals surface area contributed by atoms with Gasteiger partial charge in [-0.15, -0.1) is 0 Å². The molecular weight excluding hydrogens is 300 g/mol. The van der Waals surface area contributed by atoms with Crippen LogP contribution in [-0.2, 0) is 20.7 Å². The van der Waals surface area contributed by atoms with Gasteiger partial charge in [-0.25, -0.2) is 0 Å². The first kappa shape index (κ1) is 13.5. The van der Waals surface area contributed by atoms with Crippen LogP contribution in [0.5, 0.6) is 5.75 Å². The van der Waals surface area contributed by atoms with Crippen LogP contribution < -0.4 is 4.74 Å². The molecule has 1 heterocycles. The number of Topliss-reactive ketones (excluding diaryl/α,β-unsaturated/α-hetero) is 1. The van der Waals surface area contributed by atoms with Gasteiger partial charge in [0, 0.05) is 16.5 Å². The molecular formula is C13H15BrO4. The van der Waals surface area contributed by atoms with Gasteiger partial charge in [0.25, 0.3) is 0 Å². The number of carbonyl (C=O) groups is 1. The molecule has 0 atom stereocenters. The molecule has 1 saturated heterocycles. The lowest BCUT2D eigenvalue weighted by Crippen LogP contribution is -2.16. The van der Waals surface area contributed by atoms with Crippen molar-refractivity contribution in [1.82, 2.24) is 0 Å². The van der Waals surface area contributed by atoms with Crippen LogP contribution in [0.15, 0.2) is 22.7 Å². The second-order valence-corrected chi connectivity index (χ2v) is 4.96. The van der Waals surface area contributed by atoms with Gasteiger partial charge in [0.1, 0.15) is 11.5 Å². The normalized spacial score (nSPS) is 15.9. The van der Waals surface area contributed by atoms with E-state index in [2.05, 4.69) is 15.9 Å². The van der Waals surface area contributed by atoms with Crippen LogP contribution in [-0.4, -0.2) is 32.4 Å². The Kier molecular flexibility index (Phi) is 4.74. The van der Waals surface area contributed by atoms with Crippen molar-refractivity contribution >= 4 is 21.7 Å². The molecule has 5 heteroatoms. The van der Waals surface area contributed by atoms with E-state index in [0.717, 1.165) is 15.8 Å². The number of benzene rings is 1. The second-order valence-electron chi connectivity index (χ2n) is 4.05. The summed E-state index contributed by atoms with van der Waals surface area (Å²) >= 11 is 3.39. The lowest BCUT2D eigenvalue weighted by molar-refractivity contribution is -0.126. The van der Waals surface area contributed by atoms with Gasteiger partial charge in [-0.05, 0) is 18.2 Å². The summed E-state index contributed by atoms with van der Waals surface area (Å²) in [6.45, 7) is 1.14. The molecule has 1 aliphatic rings. The molecule has 0 spiro atoms. The Balaban J connectivity index is 1.99. The van der Waals surface area contributed by atoms with Crippen molar-refractivity contribution in [2.75, 3.05) is 20.3 Å². The molecule has 4 nitrogen and oxygen atoms in total. The van der Waals surface area contributed by atoms with Gasteiger partial charge < -0.3 is 14.2 Å². The molecule has 98 valence electrons. The third kappa shape index (κ3) is 3.54. The number of carbonyl (C=O) groups excluding carboxylic acids is 1. The summed E-state index contributed by atoms with van der Waals surface area (Å²) in [5.74, 6) is 0.804. The van der Waals surface area contributed by atoms with E-state index in [1.54, 1.807) is 7.11 Å². The predicted molar refractivity (Wildman–Crippen MR) is 69.7 cm³/mol. The fourth-order valence-corrected chi connectivity index (χ4v) is 2.29. The van der Waals surface area contributed by atoms with Gasteiger partial charge >= 0.3 is 0 Å². The highest BCUT2D eigenvalue weighted by molar-refractivity contribution is 9.10. The Labute approximate surface area is 114 Å². The first-order chi connectivity index (χ1) is 8.69. The average molecular weight is 315 g/mol. The highest BCUT2D eigenvalue weighted by Crippen LogP contribution is 2.24. The summed E-state index contributed by atoms with van der Waals surface area (Å²) in [7, 11) is 1.60. The van der Waals surface area contributed by atoms with E-state index in [0.29, 0.717) is 19.6 Å². The van der Waals surface area contributed by atoms with Crippen molar-refractivity contribution in [3.8, 4) is 5.75 Å². The molecule has 0 aliphatic carbocycles. The standard InChI is InChI=1S/C13H15BrO4/c1-16-12-3-2-10(14)6-9(12)7-11(15)8-13-17-4-5-18-13/h2-3,6,13H,4-5,7-8H2,1H3. The maximum absolute atomic E-state index is 11.9. The Morgan fingerprint density at radius 3 is 2.83 bits per heavy atom. The smallest absolute Gasteiger partial charge is 0.164 e. The number of hydrogen-bond acceptors (Lipinski definition) is 4. The Morgan fingerprint density at radius 1 is 1.44 bits per heavy atom. The van der Waals surface area contributed by atoms with Gasteiger partial charge in [-0.3, -0.25) is 4.79 Å². The van der Waals surface area contributed by atoms with Crippen LogP contribution >= 0.6 is 15.9 Å². The van der Waals surface area contributed by atoms with Crippen molar-refractivity contribution < 1.29 is 19.0 Å². The zero-order chi connectivity index (χ0) is 13.0. The molecule has 0 N–H and O–H groups in total. The lowest BCUT2D eigenvalue weighted by Gasteiger charge is -2.10. The van der Waals surface area contributed by atoms with E-state index >= 15 is 0 Å². The number of rotatable bonds is 5. The monoisotopic (exact) mass is 314 g/mol. The summed E-state index contributed by atoms with van der Waals surface area (Å²) in [6, 6.07) is 5.62. The summed E-state index contributed by atoms with van der Waals surface area (Å²) in [4.78, 5) is 11.9. The number of ether oxygens (including phenoxy) is 3. The fourth-order valence-electron chi connectivity index (χ4n) is 1.88. The molecule has 1 aromatic rings. The van der Waals surface area contributed by atoms with E-state index in [1.165, 1.54) is 0 Å². The maximum atomic E-state index is 11.9. The summed E-state index contributed by atoms with van der Waals surface area (Å²) in [5.41, 5.74) is 0.870. The molecule has 0 amide bonds. The van der Waals surface area contributed by atoms with Gasteiger partial charge in [-0.1, -0.05) is 15.9 Å². The quantitative estimate of drug-likeness (QED) is 0.836. The van der Waals surface area contributed by atoms with Crippen molar-refractivity contribution in [2.24, 2.45) is 0 Å². The van der Waals surface area contributed by atoms with Crippen LogP contribution in [0.1, 0.15) is 12.0 Å².